The highest BCUT2D eigenvalue weighted by molar-refractivity contribution is 5.83. The minimum absolute atomic E-state index is 0.228. The molecule has 2 heteroatoms. The molecule has 1 rings (SSSR count). The summed E-state index contributed by atoms with van der Waals surface area (Å²) in [6.07, 6.45) is 4.11. The van der Waals surface area contributed by atoms with Gasteiger partial charge in [0.2, 0.25) is 0 Å². The van der Waals surface area contributed by atoms with Crippen molar-refractivity contribution in [1.29, 1.82) is 0 Å². The van der Waals surface area contributed by atoms with Crippen LogP contribution in [0.3, 0.4) is 0 Å². The van der Waals surface area contributed by atoms with E-state index in [4.69, 9.17) is 0 Å². The molecular weight excluding hydrogens is 260 g/mol. The van der Waals surface area contributed by atoms with Gasteiger partial charge in [-0.3, -0.25) is 4.79 Å². The van der Waals surface area contributed by atoms with E-state index in [0.717, 1.165) is 47.8 Å². The van der Waals surface area contributed by atoms with Gasteiger partial charge in [0.15, 0.2) is 6.29 Å². The van der Waals surface area contributed by atoms with Gasteiger partial charge in [0, 0.05) is 24.0 Å². The molecule has 0 spiro atoms. The number of unbranched alkanes of at least 4 members (excludes halogenated alkanes) is 2. The Morgan fingerprint density at radius 3 is 2.57 bits per heavy atom. The first-order chi connectivity index (χ1) is 9.97. The lowest BCUT2D eigenvalue weighted by Crippen LogP contribution is -2.00. The monoisotopic (exact) mass is 284 g/mol. The summed E-state index contributed by atoms with van der Waals surface area (Å²) in [5.74, 6) is 6.82. The Morgan fingerprint density at radius 1 is 1.29 bits per heavy atom. The third-order valence-electron chi connectivity index (χ3n) is 3.52. The number of rotatable bonds is 6. The molecule has 1 aromatic carbocycles. The molecule has 0 amide bonds. The first kappa shape index (κ1) is 17.2. The lowest BCUT2D eigenvalue weighted by Gasteiger charge is -2.12. The van der Waals surface area contributed by atoms with Gasteiger partial charge in [-0.1, -0.05) is 37.8 Å². The molecule has 0 saturated carbocycles. The molecule has 2 nitrogen and oxygen atoms in total. The summed E-state index contributed by atoms with van der Waals surface area (Å²) in [5, 5.41) is 0. The van der Waals surface area contributed by atoms with Crippen molar-refractivity contribution in [2.45, 2.75) is 59.3 Å². The smallest absolute Gasteiger partial charge is 0.151 e. The first-order valence-corrected chi connectivity index (χ1v) is 7.54. The highest BCUT2D eigenvalue weighted by atomic mass is 16.1. The predicted molar refractivity (Wildman–Crippen MR) is 86.7 cm³/mol. The average molecular weight is 284 g/mol. The molecule has 21 heavy (non-hydrogen) atoms. The highest BCUT2D eigenvalue weighted by Gasteiger charge is 2.11. The molecule has 0 unspecified atom stereocenters. The maximum atomic E-state index is 11.4. The number of hydrogen-bond donors (Lipinski definition) is 0. The Labute approximate surface area is 127 Å². The Bertz CT molecular complexity index is 571. The molecule has 0 aliphatic carbocycles. The lowest BCUT2D eigenvalue weighted by atomic mass is 9.91. The van der Waals surface area contributed by atoms with Crippen LogP contribution in [0.15, 0.2) is 12.1 Å². The average Bonchev–Trinajstić information content (AvgIpc) is 2.42. The van der Waals surface area contributed by atoms with Crippen molar-refractivity contribution in [1.82, 2.24) is 0 Å². The van der Waals surface area contributed by atoms with E-state index in [0.29, 0.717) is 12.3 Å². The second kappa shape index (κ2) is 8.42. The molecule has 0 aliphatic heterocycles. The zero-order valence-electron chi connectivity index (χ0n) is 13.5. The summed E-state index contributed by atoms with van der Waals surface area (Å²) < 4.78 is 0. The van der Waals surface area contributed by atoms with Crippen LogP contribution in [0.2, 0.25) is 0 Å². The van der Waals surface area contributed by atoms with Crippen LogP contribution < -0.4 is 0 Å². The fraction of sp³-hybridized carbons (Fsp3) is 0.474. The quantitative estimate of drug-likeness (QED) is 0.440. The van der Waals surface area contributed by atoms with Crippen LogP contribution in [0.5, 0.6) is 0 Å². The maximum absolute atomic E-state index is 11.4. The van der Waals surface area contributed by atoms with Gasteiger partial charge in [-0.25, -0.2) is 0 Å². The van der Waals surface area contributed by atoms with E-state index in [9.17, 15) is 9.59 Å². The predicted octanol–water partition coefficient (Wildman–Crippen LogP) is 4.43. The van der Waals surface area contributed by atoms with Gasteiger partial charge in [-0.2, -0.15) is 0 Å². The topological polar surface area (TPSA) is 34.1 Å². The van der Waals surface area contributed by atoms with Crippen molar-refractivity contribution in [3.8, 4) is 11.8 Å². The third kappa shape index (κ3) is 5.19. The second-order valence-corrected chi connectivity index (χ2v) is 5.74. The molecule has 0 radical (unpaired) electrons. The van der Waals surface area contributed by atoms with Gasteiger partial charge in [0.05, 0.1) is 0 Å². The van der Waals surface area contributed by atoms with E-state index >= 15 is 0 Å². The minimum atomic E-state index is 0.228. The molecular formula is C19H24O2. The van der Waals surface area contributed by atoms with E-state index in [2.05, 4.69) is 25.7 Å². The van der Waals surface area contributed by atoms with Gasteiger partial charge >= 0.3 is 0 Å². The SMILES string of the molecule is CC(=O)CCCCC#Cc1c(C)ccc(C(C)C)c1C=O. The van der Waals surface area contributed by atoms with Gasteiger partial charge < -0.3 is 4.79 Å². The summed E-state index contributed by atoms with van der Waals surface area (Å²) >= 11 is 0. The number of Topliss-reactive ketones (excluding diaryl/α,β-unsaturated/α-hetero) is 1. The molecule has 0 fully saturated rings. The Hall–Kier alpha value is -1.88. The molecule has 1 aromatic rings. The minimum Gasteiger partial charge on any atom is -0.300 e. The van der Waals surface area contributed by atoms with Crippen molar-refractivity contribution in [3.05, 3.63) is 34.4 Å². The van der Waals surface area contributed by atoms with Crippen LogP contribution in [0.4, 0.5) is 0 Å². The normalized spacial score (nSPS) is 10.1. The molecule has 0 aliphatic rings. The summed E-state index contributed by atoms with van der Waals surface area (Å²) in [7, 11) is 0. The lowest BCUT2D eigenvalue weighted by molar-refractivity contribution is -0.117. The molecule has 0 atom stereocenters. The van der Waals surface area contributed by atoms with E-state index < -0.39 is 0 Å². The Morgan fingerprint density at radius 2 is 2.00 bits per heavy atom. The zero-order valence-corrected chi connectivity index (χ0v) is 13.5. The summed E-state index contributed by atoms with van der Waals surface area (Å²) in [5.41, 5.74) is 3.67. The van der Waals surface area contributed by atoms with Crippen LogP contribution in [-0.2, 0) is 4.79 Å². The maximum Gasteiger partial charge on any atom is 0.151 e. The van der Waals surface area contributed by atoms with Crippen LogP contribution in [0.25, 0.3) is 0 Å². The first-order valence-electron chi connectivity index (χ1n) is 7.54. The van der Waals surface area contributed by atoms with E-state index in [-0.39, 0.29) is 5.78 Å². The number of hydrogen-bond acceptors (Lipinski definition) is 2. The van der Waals surface area contributed by atoms with Gasteiger partial charge in [-0.05, 0) is 43.7 Å². The zero-order chi connectivity index (χ0) is 15.8. The van der Waals surface area contributed by atoms with Crippen LogP contribution in [0, 0.1) is 18.8 Å². The number of ketones is 1. The van der Waals surface area contributed by atoms with Crippen molar-refractivity contribution >= 4 is 12.1 Å². The summed E-state index contributed by atoms with van der Waals surface area (Å²) in [6.45, 7) is 7.76. The summed E-state index contributed by atoms with van der Waals surface area (Å²) in [6, 6.07) is 4.05. The Balaban J connectivity index is 2.85. The van der Waals surface area contributed by atoms with Crippen LogP contribution in [-0.4, -0.2) is 12.1 Å². The molecule has 0 aromatic heterocycles. The third-order valence-corrected chi connectivity index (χ3v) is 3.52. The standard InChI is InChI=1S/C19H24O2/c1-14(2)17-12-11-15(3)18(19(17)13-20)10-8-6-5-7-9-16(4)21/h11-14H,5-7,9H2,1-4H3. The van der Waals surface area contributed by atoms with Gasteiger partial charge in [0.25, 0.3) is 0 Å². The van der Waals surface area contributed by atoms with Gasteiger partial charge in [-0.15, -0.1) is 0 Å². The fourth-order valence-electron chi connectivity index (χ4n) is 2.28. The molecule has 0 bridgehead atoms. The van der Waals surface area contributed by atoms with E-state index in [1.807, 2.05) is 19.1 Å². The molecule has 0 saturated heterocycles. The second-order valence-electron chi connectivity index (χ2n) is 5.74. The van der Waals surface area contributed by atoms with Gasteiger partial charge in [0.1, 0.15) is 5.78 Å². The van der Waals surface area contributed by atoms with E-state index in [1.165, 1.54) is 0 Å². The summed E-state index contributed by atoms with van der Waals surface area (Å²) in [4.78, 5) is 22.3. The van der Waals surface area contributed by atoms with E-state index in [1.54, 1.807) is 6.92 Å². The number of aldehydes is 1. The highest BCUT2D eigenvalue weighted by Crippen LogP contribution is 2.23. The molecule has 0 N–H and O–H groups in total. The number of carbonyl (C=O) groups is 2. The number of aryl methyl sites for hydroxylation is 1. The molecule has 112 valence electrons. The molecule has 0 heterocycles. The van der Waals surface area contributed by atoms with Crippen LogP contribution in [0.1, 0.15) is 79.4 Å². The Kier molecular flexibility index (Phi) is 6.88. The largest absolute Gasteiger partial charge is 0.300 e. The number of carbonyl (C=O) groups excluding carboxylic acids is 2. The van der Waals surface area contributed by atoms with Crippen molar-refractivity contribution < 1.29 is 9.59 Å². The van der Waals surface area contributed by atoms with Crippen LogP contribution >= 0.6 is 0 Å². The number of benzene rings is 1. The van der Waals surface area contributed by atoms with Crippen molar-refractivity contribution in [2.75, 3.05) is 0 Å². The van der Waals surface area contributed by atoms with Crippen molar-refractivity contribution in [3.63, 3.8) is 0 Å². The van der Waals surface area contributed by atoms with Crippen molar-refractivity contribution in [2.24, 2.45) is 0 Å². The fourth-order valence-corrected chi connectivity index (χ4v) is 2.28.